The first-order valence-corrected chi connectivity index (χ1v) is 12.6. The molecule has 2 unspecified atom stereocenters. The highest BCUT2D eigenvalue weighted by atomic mass is 19.1. The topological polar surface area (TPSA) is 76.2 Å². The summed E-state index contributed by atoms with van der Waals surface area (Å²) < 4.78 is 13.3. The second-order valence-corrected chi connectivity index (χ2v) is 9.26. The average Bonchev–Trinajstić information content (AvgIpc) is 2.90. The highest BCUT2D eigenvalue weighted by Crippen LogP contribution is 2.28. The van der Waals surface area contributed by atoms with E-state index in [1.165, 1.54) is 17.1 Å². The zero-order valence-electron chi connectivity index (χ0n) is 21.0. The molecule has 0 aromatic heterocycles. The second-order valence-electron chi connectivity index (χ2n) is 9.26. The molecule has 37 heavy (non-hydrogen) atoms. The number of carbonyl (C=O) groups is 3. The van der Waals surface area contributed by atoms with Gasteiger partial charge in [0.1, 0.15) is 18.0 Å². The molecule has 0 aliphatic carbocycles. The summed E-state index contributed by atoms with van der Waals surface area (Å²) in [5.74, 6) is 1.87. The molecule has 1 N–H and O–H groups in total. The standard InChI is InChI=1S/C28H32FN5O3/c1-3-8-24-27(36)31(17-15-21-11-13-23(29)14-12-21)19-25-33(24)26(35)20-32(16-4-2)34(25)28(37)30-18-22-9-6-5-7-10-22/h2,5-7,9-14,24-25H,3,8,15-20H2,1H3,(H,30,37). The molecule has 2 heterocycles. The third-order valence-corrected chi connectivity index (χ3v) is 6.74. The van der Waals surface area contributed by atoms with Gasteiger partial charge >= 0.3 is 6.03 Å². The predicted molar refractivity (Wildman–Crippen MR) is 137 cm³/mol. The van der Waals surface area contributed by atoms with Crippen LogP contribution in [0.1, 0.15) is 30.9 Å². The molecule has 2 aliphatic heterocycles. The van der Waals surface area contributed by atoms with Gasteiger partial charge in [0.2, 0.25) is 11.8 Å². The fourth-order valence-corrected chi connectivity index (χ4v) is 4.96. The van der Waals surface area contributed by atoms with E-state index in [1.54, 1.807) is 26.9 Å². The van der Waals surface area contributed by atoms with Crippen LogP contribution in [0.2, 0.25) is 0 Å². The van der Waals surface area contributed by atoms with Crippen molar-refractivity contribution < 1.29 is 18.8 Å². The van der Waals surface area contributed by atoms with Crippen LogP contribution in [0, 0.1) is 18.2 Å². The molecule has 0 spiro atoms. The summed E-state index contributed by atoms with van der Waals surface area (Å²) >= 11 is 0. The summed E-state index contributed by atoms with van der Waals surface area (Å²) in [5.41, 5.74) is 1.84. The maximum absolute atomic E-state index is 13.5. The van der Waals surface area contributed by atoms with Crippen molar-refractivity contribution in [1.29, 1.82) is 0 Å². The van der Waals surface area contributed by atoms with Gasteiger partial charge < -0.3 is 15.1 Å². The van der Waals surface area contributed by atoms with E-state index < -0.39 is 12.2 Å². The summed E-state index contributed by atoms with van der Waals surface area (Å²) in [7, 11) is 0. The van der Waals surface area contributed by atoms with Crippen LogP contribution in [0.3, 0.4) is 0 Å². The number of nitrogens with zero attached hydrogens (tertiary/aromatic N) is 4. The number of halogens is 1. The molecule has 194 valence electrons. The highest BCUT2D eigenvalue weighted by Gasteiger charge is 2.50. The van der Waals surface area contributed by atoms with E-state index in [0.29, 0.717) is 32.4 Å². The molecule has 2 aliphatic rings. The van der Waals surface area contributed by atoms with E-state index in [9.17, 15) is 18.8 Å². The maximum Gasteiger partial charge on any atom is 0.334 e. The van der Waals surface area contributed by atoms with Gasteiger partial charge in [0.15, 0.2) is 0 Å². The van der Waals surface area contributed by atoms with Crippen LogP contribution in [0.4, 0.5) is 9.18 Å². The Balaban J connectivity index is 1.59. The Morgan fingerprint density at radius 3 is 2.51 bits per heavy atom. The van der Waals surface area contributed by atoms with E-state index in [-0.39, 0.29) is 43.3 Å². The van der Waals surface area contributed by atoms with Crippen LogP contribution in [0.5, 0.6) is 0 Å². The first kappa shape index (κ1) is 26.2. The van der Waals surface area contributed by atoms with E-state index in [4.69, 9.17) is 6.42 Å². The van der Waals surface area contributed by atoms with E-state index in [2.05, 4.69) is 11.2 Å². The molecule has 2 atom stereocenters. The Hall–Kier alpha value is -3.90. The van der Waals surface area contributed by atoms with Gasteiger partial charge in [-0.1, -0.05) is 61.7 Å². The molecular formula is C28H32FN5O3. The quantitative estimate of drug-likeness (QED) is 0.560. The number of fused-ring (bicyclic) bond motifs is 1. The first-order chi connectivity index (χ1) is 17.9. The Morgan fingerprint density at radius 2 is 1.84 bits per heavy atom. The van der Waals surface area contributed by atoms with Crippen molar-refractivity contribution >= 4 is 17.8 Å². The van der Waals surface area contributed by atoms with Crippen molar-refractivity contribution in [3.05, 3.63) is 71.5 Å². The zero-order valence-corrected chi connectivity index (χ0v) is 21.0. The lowest BCUT2D eigenvalue weighted by Crippen LogP contribution is -2.76. The molecule has 0 radical (unpaired) electrons. The highest BCUT2D eigenvalue weighted by molar-refractivity contribution is 5.91. The van der Waals surface area contributed by atoms with Gasteiger partial charge in [-0.3, -0.25) is 9.59 Å². The lowest BCUT2D eigenvalue weighted by molar-refractivity contribution is -0.189. The monoisotopic (exact) mass is 505 g/mol. The predicted octanol–water partition coefficient (Wildman–Crippen LogP) is 2.61. The molecule has 4 amide bonds. The van der Waals surface area contributed by atoms with Crippen LogP contribution >= 0.6 is 0 Å². The minimum absolute atomic E-state index is 0.0802. The molecule has 2 saturated heterocycles. The Bertz CT molecular complexity index is 1150. The molecular weight excluding hydrogens is 473 g/mol. The van der Waals surface area contributed by atoms with E-state index >= 15 is 0 Å². The number of hydrogen-bond donors (Lipinski definition) is 1. The smallest absolute Gasteiger partial charge is 0.334 e. The van der Waals surface area contributed by atoms with Gasteiger partial charge in [0.25, 0.3) is 0 Å². The first-order valence-electron chi connectivity index (χ1n) is 12.6. The second kappa shape index (κ2) is 11.9. The average molecular weight is 506 g/mol. The van der Waals surface area contributed by atoms with Crippen molar-refractivity contribution in [1.82, 2.24) is 25.1 Å². The molecule has 0 bridgehead atoms. The van der Waals surface area contributed by atoms with Gasteiger partial charge in [-0.15, -0.1) is 6.42 Å². The third-order valence-electron chi connectivity index (χ3n) is 6.74. The molecule has 4 rings (SSSR count). The Kier molecular flexibility index (Phi) is 8.41. The SMILES string of the molecule is C#CCN1CC(=O)N2C(CCC)C(=O)N(CCc3ccc(F)cc3)CC2N1C(=O)NCc1ccccc1. The third kappa shape index (κ3) is 5.92. The number of rotatable bonds is 8. The lowest BCUT2D eigenvalue weighted by atomic mass is 10.0. The zero-order chi connectivity index (χ0) is 26.4. The summed E-state index contributed by atoms with van der Waals surface area (Å²) in [4.78, 5) is 43.5. The molecule has 2 aromatic rings. The van der Waals surface area contributed by atoms with Crippen LogP contribution in [0.15, 0.2) is 54.6 Å². The Labute approximate surface area is 217 Å². The van der Waals surface area contributed by atoms with Crippen molar-refractivity contribution in [2.24, 2.45) is 0 Å². The van der Waals surface area contributed by atoms with Crippen LogP contribution in [-0.4, -0.2) is 76.0 Å². The fraction of sp³-hybridized carbons (Fsp3) is 0.393. The van der Waals surface area contributed by atoms with E-state index in [0.717, 1.165) is 11.1 Å². The minimum Gasteiger partial charge on any atom is -0.337 e. The van der Waals surface area contributed by atoms with Gasteiger partial charge in [-0.05, 0) is 36.1 Å². The number of hydrogen-bond acceptors (Lipinski definition) is 4. The number of terminal acetylenes is 1. The van der Waals surface area contributed by atoms with Crippen LogP contribution < -0.4 is 5.32 Å². The Morgan fingerprint density at radius 1 is 1.11 bits per heavy atom. The van der Waals surface area contributed by atoms with Gasteiger partial charge in [0, 0.05) is 13.1 Å². The number of amides is 4. The van der Waals surface area contributed by atoms with E-state index in [1.807, 2.05) is 37.3 Å². The van der Waals surface area contributed by atoms with Gasteiger partial charge in [-0.25, -0.2) is 14.2 Å². The maximum atomic E-state index is 13.5. The normalized spacial score (nSPS) is 20.0. The molecule has 2 fully saturated rings. The van der Waals surface area contributed by atoms with Crippen molar-refractivity contribution in [2.75, 3.05) is 26.2 Å². The van der Waals surface area contributed by atoms with Crippen molar-refractivity contribution in [3.63, 3.8) is 0 Å². The molecule has 2 aromatic carbocycles. The number of urea groups is 1. The number of nitrogens with one attached hydrogen (secondary N) is 1. The molecule has 0 saturated carbocycles. The number of piperazine rings is 1. The van der Waals surface area contributed by atoms with Gasteiger partial charge in [0.05, 0.1) is 19.6 Å². The largest absolute Gasteiger partial charge is 0.337 e. The fourth-order valence-electron chi connectivity index (χ4n) is 4.96. The molecule has 9 heteroatoms. The summed E-state index contributed by atoms with van der Waals surface area (Å²) in [6.07, 6.45) is 6.61. The minimum atomic E-state index is -0.687. The molecule has 8 nitrogen and oxygen atoms in total. The number of hydrazine groups is 1. The summed E-state index contributed by atoms with van der Waals surface area (Å²) in [6.45, 7) is 2.82. The van der Waals surface area contributed by atoms with Crippen LogP contribution in [0.25, 0.3) is 0 Å². The number of benzene rings is 2. The lowest BCUT2D eigenvalue weighted by Gasteiger charge is -2.55. The summed E-state index contributed by atoms with van der Waals surface area (Å²) in [6, 6.07) is 14.7. The van der Waals surface area contributed by atoms with Crippen molar-refractivity contribution in [3.8, 4) is 12.3 Å². The summed E-state index contributed by atoms with van der Waals surface area (Å²) in [5, 5.41) is 6.02. The van der Waals surface area contributed by atoms with Gasteiger partial charge in [-0.2, -0.15) is 5.01 Å². The van der Waals surface area contributed by atoms with Crippen LogP contribution in [-0.2, 0) is 22.6 Å². The number of carbonyl (C=O) groups excluding carboxylic acids is 3. The van der Waals surface area contributed by atoms with Crippen molar-refractivity contribution in [2.45, 2.75) is 44.9 Å².